The first-order valence-electron chi connectivity index (χ1n) is 3.78. The van der Waals surface area contributed by atoms with Gasteiger partial charge < -0.3 is 14.0 Å². The molecule has 0 aromatic heterocycles. The number of carbonyl (C=O) groups excluding carboxylic acids is 1. The topological polar surface area (TPSA) is 44.8 Å². The largest absolute Gasteiger partial charge is 0.467 e. The molecule has 0 saturated carbocycles. The van der Waals surface area contributed by atoms with Crippen molar-refractivity contribution in [1.29, 1.82) is 0 Å². The molecule has 5 heteroatoms. The summed E-state index contributed by atoms with van der Waals surface area (Å²) in [6.07, 6.45) is -0.747. The fraction of sp³-hybridized carbons (Fsp3) is 0.833. The molecule has 11 heavy (non-hydrogen) atoms. The molecule has 0 N–H and O–H groups in total. The Morgan fingerprint density at radius 3 is 3.18 bits per heavy atom. The Kier molecular flexibility index (Phi) is 2.72. The third-order valence-corrected chi connectivity index (χ3v) is 1.87. The Hall–Kier alpha value is -0.180. The van der Waals surface area contributed by atoms with Crippen LogP contribution in [0.2, 0.25) is 0 Å². The first-order valence-corrected chi connectivity index (χ1v) is 3.67. The molecule has 1 saturated heterocycles. The average Bonchev–Trinajstić information content (AvgIpc) is 2.45. The fourth-order valence-electron chi connectivity index (χ4n) is 0.916. The van der Waals surface area contributed by atoms with Gasteiger partial charge in [0.25, 0.3) is 0 Å². The standard InChI is InChI=1S/C6H11O4P/c1-8-6(7)5-4(10-11)2-3-9-5/h4-5H,2-3,11H2,1H3/i3T. The van der Waals surface area contributed by atoms with Crippen LogP contribution in [0.3, 0.4) is 0 Å². The van der Waals surface area contributed by atoms with Gasteiger partial charge in [-0.05, 0) is 0 Å². The van der Waals surface area contributed by atoms with Crippen molar-refractivity contribution in [2.24, 2.45) is 0 Å². The smallest absolute Gasteiger partial charge is 0.337 e. The van der Waals surface area contributed by atoms with Crippen molar-refractivity contribution < 1.29 is 20.2 Å². The summed E-state index contributed by atoms with van der Waals surface area (Å²) in [4.78, 5) is 11.0. The van der Waals surface area contributed by atoms with Crippen LogP contribution in [0, 0.1) is 0 Å². The van der Waals surface area contributed by atoms with Crippen molar-refractivity contribution in [3.63, 3.8) is 0 Å². The minimum atomic E-state index is -0.755. The summed E-state index contributed by atoms with van der Waals surface area (Å²) < 4.78 is 21.6. The Morgan fingerprint density at radius 1 is 1.91 bits per heavy atom. The maximum Gasteiger partial charge on any atom is 0.337 e. The molecule has 1 aliphatic rings. The Balaban J connectivity index is 2.57. The minimum Gasteiger partial charge on any atom is -0.467 e. The van der Waals surface area contributed by atoms with Crippen LogP contribution in [0.25, 0.3) is 0 Å². The molecule has 0 spiro atoms. The van der Waals surface area contributed by atoms with E-state index in [1.54, 1.807) is 0 Å². The van der Waals surface area contributed by atoms with E-state index in [2.05, 4.69) is 14.2 Å². The molecule has 0 radical (unpaired) electrons. The maximum atomic E-state index is 11.0. The molecule has 64 valence electrons. The van der Waals surface area contributed by atoms with E-state index in [0.29, 0.717) is 6.42 Å². The van der Waals surface area contributed by atoms with Crippen LogP contribution in [0.15, 0.2) is 0 Å². The summed E-state index contributed by atoms with van der Waals surface area (Å²) in [5.74, 6) is -0.489. The summed E-state index contributed by atoms with van der Waals surface area (Å²) in [6.45, 7) is -0.695. The van der Waals surface area contributed by atoms with E-state index in [-0.39, 0.29) is 6.10 Å². The second-order valence-corrected chi connectivity index (χ2v) is 2.43. The molecule has 1 fully saturated rings. The lowest BCUT2D eigenvalue weighted by molar-refractivity contribution is -0.154. The Labute approximate surface area is 68.9 Å². The van der Waals surface area contributed by atoms with E-state index in [9.17, 15) is 4.79 Å². The van der Waals surface area contributed by atoms with E-state index in [0.717, 1.165) is 0 Å². The molecular formula is C6H11O4P. The number of esters is 1. The monoisotopic (exact) mass is 180 g/mol. The summed E-state index contributed by atoms with van der Waals surface area (Å²) in [6, 6.07) is 0. The lowest BCUT2D eigenvalue weighted by Gasteiger charge is -2.13. The number of hydrogen-bond donors (Lipinski definition) is 0. The lowest BCUT2D eigenvalue weighted by atomic mass is 10.2. The normalized spacial score (nSPS) is 38.4. The molecule has 1 rings (SSSR count). The van der Waals surface area contributed by atoms with Crippen LogP contribution in [0.1, 0.15) is 7.79 Å². The van der Waals surface area contributed by atoms with E-state index >= 15 is 0 Å². The lowest BCUT2D eigenvalue weighted by Crippen LogP contribution is -2.31. The predicted molar refractivity (Wildman–Crippen MR) is 41.0 cm³/mol. The summed E-state index contributed by atoms with van der Waals surface area (Å²) >= 11 is 0. The second-order valence-electron chi connectivity index (χ2n) is 2.16. The Morgan fingerprint density at radius 2 is 2.64 bits per heavy atom. The van der Waals surface area contributed by atoms with Crippen LogP contribution in [-0.2, 0) is 18.8 Å². The SMILES string of the molecule is [3H]C1CC(OP)C(C(=O)OC)O1. The third-order valence-electron chi connectivity index (χ3n) is 1.52. The average molecular weight is 180 g/mol. The molecule has 1 heterocycles. The molecule has 0 aromatic rings. The number of rotatable bonds is 2. The minimum absolute atomic E-state index is 0.384. The molecule has 0 aliphatic carbocycles. The number of ether oxygens (including phenoxy) is 2. The zero-order valence-electron chi connectivity index (χ0n) is 7.15. The number of carbonyl (C=O) groups is 1. The van der Waals surface area contributed by atoms with Gasteiger partial charge in [-0.2, -0.15) is 0 Å². The van der Waals surface area contributed by atoms with Crippen LogP contribution >= 0.6 is 9.47 Å². The van der Waals surface area contributed by atoms with Crippen molar-refractivity contribution >= 4 is 15.4 Å². The van der Waals surface area contributed by atoms with Crippen molar-refractivity contribution in [3.05, 3.63) is 0 Å². The highest BCUT2D eigenvalue weighted by Crippen LogP contribution is 2.19. The van der Waals surface area contributed by atoms with Crippen LogP contribution in [0.4, 0.5) is 0 Å². The van der Waals surface area contributed by atoms with Crippen molar-refractivity contribution in [2.75, 3.05) is 13.7 Å². The predicted octanol–water partition coefficient (Wildman–Crippen LogP) is 0.124. The van der Waals surface area contributed by atoms with Gasteiger partial charge in [-0.1, -0.05) is 0 Å². The van der Waals surface area contributed by atoms with Gasteiger partial charge in [0.2, 0.25) is 0 Å². The van der Waals surface area contributed by atoms with Gasteiger partial charge >= 0.3 is 5.97 Å². The highest BCUT2D eigenvalue weighted by atomic mass is 31.0. The quantitative estimate of drug-likeness (QED) is 0.447. The van der Waals surface area contributed by atoms with Crippen molar-refractivity contribution in [1.82, 2.24) is 0 Å². The highest BCUT2D eigenvalue weighted by Gasteiger charge is 2.35. The molecule has 0 aromatic carbocycles. The van der Waals surface area contributed by atoms with Gasteiger partial charge in [0.1, 0.15) is 6.10 Å². The summed E-state index contributed by atoms with van der Waals surface area (Å²) in [5.41, 5.74) is 0. The van der Waals surface area contributed by atoms with Gasteiger partial charge in [0, 0.05) is 15.9 Å². The molecule has 4 atom stereocenters. The first-order chi connectivity index (χ1) is 5.69. The highest BCUT2D eigenvalue weighted by molar-refractivity contribution is 7.09. The molecule has 1 aliphatic heterocycles. The zero-order valence-corrected chi connectivity index (χ0v) is 7.30. The first kappa shape index (κ1) is 7.47. The maximum absolute atomic E-state index is 11.0. The van der Waals surface area contributed by atoms with Crippen LogP contribution < -0.4 is 0 Å². The van der Waals surface area contributed by atoms with E-state index < -0.39 is 18.7 Å². The van der Waals surface area contributed by atoms with E-state index in [1.165, 1.54) is 7.11 Å². The van der Waals surface area contributed by atoms with Crippen LogP contribution in [0.5, 0.6) is 0 Å². The molecule has 4 unspecified atom stereocenters. The van der Waals surface area contributed by atoms with Crippen LogP contribution in [-0.4, -0.2) is 31.9 Å². The third kappa shape index (κ3) is 1.89. The molecule has 0 amide bonds. The Bertz CT molecular complexity index is 177. The van der Waals surface area contributed by atoms with Gasteiger partial charge in [-0.25, -0.2) is 4.79 Å². The fourth-order valence-corrected chi connectivity index (χ4v) is 1.17. The second kappa shape index (κ2) is 4.00. The van der Waals surface area contributed by atoms with E-state index in [1.807, 2.05) is 0 Å². The van der Waals surface area contributed by atoms with E-state index in [4.69, 9.17) is 10.6 Å². The zero-order chi connectivity index (χ0) is 9.14. The molecule has 4 nitrogen and oxygen atoms in total. The van der Waals surface area contributed by atoms with Crippen molar-refractivity contribution in [3.8, 4) is 0 Å². The molecule has 0 bridgehead atoms. The van der Waals surface area contributed by atoms with Gasteiger partial charge in [0.15, 0.2) is 6.10 Å². The number of methoxy groups -OCH3 is 1. The summed E-state index contributed by atoms with van der Waals surface area (Å²) in [7, 11) is 3.34. The molecular weight excluding hydrogens is 167 g/mol. The van der Waals surface area contributed by atoms with Gasteiger partial charge in [-0.3, -0.25) is 0 Å². The number of hydrogen-bond acceptors (Lipinski definition) is 4. The van der Waals surface area contributed by atoms with Gasteiger partial charge in [0.05, 0.1) is 15.1 Å². The summed E-state index contributed by atoms with van der Waals surface area (Å²) in [5, 5.41) is 0. The van der Waals surface area contributed by atoms with Gasteiger partial charge in [-0.15, -0.1) is 0 Å². The van der Waals surface area contributed by atoms with Crippen molar-refractivity contribution in [2.45, 2.75) is 18.6 Å².